The molecule has 20 heavy (non-hydrogen) atoms. The van der Waals surface area contributed by atoms with Crippen LogP contribution in [0, 0.1) is 12.3 Å². The third-order valence-electron chi connectivity index (χ3n) is 2.69. The first-order valence-corrected chi connectivity index (χ1v) is 7.83. The van der Waals surface area contributed by atoms with E-state index < -0.39 is 10.0 Å². The number of ether oxygens (including phenoxy) is 1. The molecule has 0 amide bonds. The van der Waals surface area contributed by atoms with Crippen molar-refractivity contribution in [1.82, 2.24) is 9.62 Å². The molecule has 0 fully saturated rings. The normalized spacial score (nSPS) is 11.3. The molecule has 0 aliphatic rings. The van der Waals surface area contributed by atoms with Crippen molar-refractivity contribution in [3.05, 3.63) is 29.8 Å². The lowest BCUT2D eigenvalue weighted by Crippen LogP contribution is -2.31. The number of nitrogens with one attached hydrogen (secondary N) is 1. The van der Waals surface area contributed by atoms with Gasteiger partial charge in [0.05, 0.1) is 5.75 Å². The smallest absolute Gasteiger partial charge is 0.214 e. The van der Waals surface area contributed by atoms with E-state index in [-0.39, 0.29) is 12.4 Å². The van der Waals surface area contributed by atoms with E-state index in [1.807, 2.05) is 24.3 Å². The predicted octanol–water partition coefficient (Wildman–Crippen LogP) is 0.680. The zero-order valence-corrected chi connectivity index (χ0v) is 12.6. The molecule has 0 radical (unpaired) electrons. The molecule has 6 heteroatoms. The topological polar surface area (TPSA) is 58.6 Å². The lowest BCUT2D eigenvalue weighted by atomic mass is 10.2. The lowest BCUT2D eigenvalue weighted by molar-refractivity contribution is 0.365. The molecule has 0 atom stereocenters. The number of sulfonamides is 1. The van der Waals surface area contributed by atoms with E-state index in [0.717, 1.165) is 5.56 Å². The van der Waals surface area contributed by atoms with Crippen LogP contribution in [0.5, 0.6) is 5.75 Å². The van der Waals surface area contributed by atoms with Gasteiger partial charge in [0.15, 0.2) is 0 Å². The van der Waals surface area contributed by atoms with Crippen molar-refractivity contribution in [3.8, 4) is 18.1 Å². The summed E-state index contributed by atoms with van der Waals surface area (Å²) >= 11 is 0. The van der Waals surface area contributed by atoms with Crippen molar-refractivity contribution in [2.45, 2.75) is 6.54 Å². The number of hydrogen-bond donors (Lipinski definition) is 1. The maximum Gasteiger partial charge on any atom is 0.214 e. The van der Waals surface area contributed by atoms with Crippen molar-refractivity contribution in [2.24, 2.45) is 0 Å². The molecule has 1 aromatic carbocycles. The Hall–Kier alpha value is -1.55. The zero-order valence-electron chi connectivity index (χ0n) is 11.8. The monoisotopic (exact) mass is 296 g/mol. The molecule has 0 saturated heterocycles. The second-order valence-corrected chi connectivity index (χ2v) is 6.68. The van der Waals surface area contributed by atoms with Crippen LogP contribution in [0.2, 0.25) is 0 Å². The third kappa shape index (κ3) is 5.21. The van der Waals surface area contributed by atoms with Gasteiger partial charge in [-0.3, -0.25) is 0 Å². The molecule has 1 rings (SSSR count). The first-order valence-electron chi connectivity index (χ1n) is 6.22. The maximum atomic E-state index is 11.6. The van der Waals surface area contributed by atoms with Gasteiger partial charge in [-0.1, -0.05) is 24.1 Å². The average Bonchev–Trinajstić information content (AvgIpc) is 2.42. The summed E-state index contributed by atoms with van der Waals surface area (Å²) in [5, 5.41) is 3.09. The van der Waals surface area contributed by atoms with Gasteiger partial charge in [-0.15, -0.1) is 6.42 Å². The van der Waals surface area contributed by atoms with Crippen molar-refractivity contribution in [2.75, 3.05) is 33.0 Å². The minimum absolute atomic E-state index is 0.0629. The van der Waals surface area contributed by atoms with E-state index >= 15 is 0 Å². The van der Waals surface area contributed by atoms with Crippen LogP contribution in [0.15, 0.2) is 24.3 Å². The fourth-order valence-corrected chi connectivity index (χ4v) is 2.28. The maximum absolute atomic E-state index is 11.6. The fraction of sp³-hybridized carbons (Fsp3) is 0.429. The highest BCUT2D eigenvalue weighted by Crippen LogP contribution is 2.17. The summed E-state index contributed by atoms with van der Waals surface area (Å²) < 4.78 is 29.8. The van der Waals surface area contributed by atoms with Gasteiger partial charge < -0.3 is 10.1 Å². The minimum atomic E-state index is -3.16. The van der Waals surface area contributed by atoms with Crippen molar-refractivity contribution in [1.29, 1.82) is 0 Å². The molecular formula is C14H20N2O3S. The van der Waals surface area contributed by atoms with E-state index in [1.165, 1.54) is 18.4 Å². The van der Waals surface area contributed by atoms with Crippen LogP contribution >= 0.6 is 0 Å². The molecular weight excluding hydrogens is 276 g/mol. The number of para-hydroxylation sites is 1. The summed E-state index contributed by atoms with van der Waals surface area (Å²) in [6, 6.07) is 7.52. The Bertz CT molecular complexity index is 562. The molecule has 1 aromatic rings. The molecule has 1 N–H and O–H groups in total. The van der Waals surface area contributed by atoms with Gasteiger partial charge in [-0.25, -0.2) is 12.7 Å². The highest BCUT2D eigenvalue weighted by molar-refractivity contribution is 7.89. The van der Waals surface area contributed by atoms with Crippen LogP contribution in [0.4, 0.5) is 0 Å². The van der Waals surface area contributed by atoms with Gasteiger partial charge >= 0.3 is 0 Å². The van der Waals surface area contributed by atoms with E-state index in [1.54, 1.807) is 0 Å². The van der Waals surface area contributed by atoms with Crippen molar-refractivity contribution < 1.29 is 13.2 Å². The molecule has 0 heterocycles. The standard InChI is InChI=1S/C14H20N2O3S/c1-4-10-19-14-8-6-5-7-13(14)12-15-9-11-20(17,18)16(2)3/h1,5-8,15H,9-12H2,2-3H3. The van der Waals surface area contributed by atoms with Gasteiger partial charge in [-0.2, -0.15) is 0 Å². The highest BCUT2D eigenvalue weighted by Gasteiger charge is 2.12. The van der Waals surface area contributed by atoms with E-state index in [2.05, 4.69) is 11.2 Å². The Morgan fingerprint density at radius 3 is 2.70 bits per heavy atom. The second kappa shape index (κ2) is 7.90. The Morgan fingerprint density at radius 1 is 1.35 bits per heavy atom. The number of benzene rings is 1. The summed E-state index contributed by atoms with van der Waals surface area (Å²) in [7, 11) is -0.112. The van der Waals surface area contributed by atoms with Gasteiger partial charge in [0.1, 0.15) is 12.4 Å². The van der Waals surface area contributed by atoms with E-state index in [4.69, 9.17) is 11.2 Å². The molecule has 110 valence electrons. The van der Waals surface area contributed by atoms with Crippen LogP contribution in [-0.2, 0) is 16.6 Å². The molecule has 0 saturated carbocycles. The highest BCUT2D eigenvalue weighted by atomic mass is 32.2. The summed E-state index contributed by atoms with van der Waals surface area (Å²) in [5.74, 6) is 3.19. The predicted molar refractivity (Wildman–Crippen MR) is 80.0 cm³/mol. The van der Waals surface area contributed by atoms with Crippen molar-refractivity contribution >= 4 is 10.0 Å². The Morgan fingerprint density at radius 2 is 2.05 bits per heavy atom. The quantitative estimate of drug-likeness (QED) is 0.566. The third-order valence-corrected chi connectivity index (χ3v) is 4.52. The number of rotatable bonds is 8. The summed E-state index contributed by atoms with van der Waals surface area (Å²) in [6.45, 7) is 1.12. The van der Waals surface area contributed by atoms with Crippen LogP contribution in [0.1, 0.15) is 5.56 Å². The van der Waals surface area contributed by atoms with Gasteiger partial charge in [0.2, 0.25) is 10.0 Å². The molecule has 0 aliphatic heterocycles. The SMILES string of the molecule is C#CCOc1ccccc1CNCCS(=O)(=O)N(C)C. The van der Waals surface area contributed by atoms with Gasteiger partial charge in [-0.05, 0) is 6.07 Å². The molecule has 5 nitrogen and oxygen atoms in total. The van der Waals surface area contributed by atoms with Crippen LogP contribution < -0.4 is 10.1 Å². The average molecular weight is 296 g/mol. The van der Waals surface area contributed by atoms with Gasteiger partial charge in [0, 0.05) is 32.7 Å². The van der Waals surface area contributed by atoms with E-state index in [0.29, 0.717) is 18.8 Å². The summed E-state index contributed by atoms with van der Waals surface area (Å²) in [6.07, 6.45) is 5.16. The Kier molecular flexibility index (Phi) is 6.52. The fourth-order valence-electron chi connectivity index (χ4n) is 1.52. The molecule has 0 aliphatic carbocycles. The van der Waals surface area contributed by atoms with Crippen LogP contribution in [0.25, 0.3) is 0 Å². The largest absolute Gasteiger partial charge is 0.481 e. The Labute approximate surface area is 121 Å². The first-order chi connectivity index (χ1) is 9.47. The summed E-state index contributed by atoms with van der Waals surface area (Å²) in [5.41, 5.74) is 0.949. The summed E-state index contributed by atoms with van der Waals surface area (Å²) in [4.78, 5) is 0. The van der Waals surface area contributed by atoms with Crippen LogP contribution in [0.3, 0.4) is 0 Å². The number of terminal acetylenes is 1. The lowest BCUT2D eigenvalue weighted by Gasteiger charge is -2.13. The zero-order chi connectivity index (χ0) is 15.0. The minimum Gasteiger partial charge on any atom is -0.481 e. The molecule has 0 spiro atoms. The van der Waals surface area contributed by atoms with Gasteiger partial charge in [0.25, 0.3) is 0 Å². The van der Waals surface area contributed by atoms with Crippen molar-refractivity contribution in [3.63, 3.8) is 0 Å². The second-order valence-electron chi connectivity index (χ2n) is 4.38. The Balaban J connectivity index is 2.49. The van der Waals surface area contributed by atoms with Crippen LogP contribution in [-0.4, -0.2) is 45.7 Å². The molecule has 0 bridgehead atoms. The number of nitrogens with zero attached hydrogens (tertiary/aromatic N) is 1. The van der Waals surface area contributed by atoms with E-state index in [9.17, 15) is 8.42 Å². The molecule has 0 unspecified atom stereocenters. The number of hydrogen-bond acceptors (Lipinski definition) is 4. The molecule has 0 aromatic heterocycles. The first kappa shape index (κ1) is 16.5.